The molecule has 2 N–H and O–H groups in total. The molecule has 8 bridgehead atoms. The van der Waals surface area contributed by atoms with Crippen molar-refractivity contribution in [3.63, 3.8) is 0 Å². The number of aliphatic hydroxyl groups excluding tert-OH is 1. The van der Waals surface area contributed by atoms with Gasteiger partial charge in [-0.25, -0.2) is 0 Å². The van der Waals surface area contributed by atoms with E-state index in [1.54, 1.807) is 0 Å². The van der Waals surface area contributed by atoms with E-state index in [0.717, 1.165) is 152 Å². The third-order valence-corrected chi connectivity index (χ3v) is 27.2. The number of hydrogen-bond donors (Lipinski definition) is 2. The van der Waals surface area contributed by atoms with Crippen LogP contribution in [0.15, 0.2) is 0 Å². The van der Waals surface area contributed by atoms with E-state index in [9.17, 15) is 5.11 Å². The van der Waals surface area contributed by atoms with Crippen molar-refractivity contribution in [2.45, 2.75) is 378 Å². The van der Waals surface area contributed by atoms with Gasteiger partial charge in [-0.3, -0.25) is 0 Å². The van der Waals surface area contributed by atoms with Crippen molar-refractivity contribution in [2.75, 3.05) is 59.8 Å². The molecular weight excluding hydrogens is 1140 g/mol. The predicted molar refractivity (Wildman–Crippen MR) is 403 cm³/mol. The van der Waals surface area contributed by atoms with Crippen molar-refractivity contribution in [3.8, 4) is 0 Å². The summed E-state index contributed by atoms with van der Waals surface area (Å²) >= 11 is 0. The molecule has 1 aliphatic heterocycles. The van der Waals surface area contributed by atoms with Crippen molar-refractivity contribution in [1.82, 2.24) is 5.32 Å². The minimum Gasteiger partial charge on any atom is -0.394 e. The standard InChI is InChI=1S/C87H167NO5/c1-66-22-14-30-74(9)82-46-42-78(58-82)34-18-26-70(5)50-54-90-64-86(62-88-13)92-56-52-72(7)28-20-36-80-44-48-84(60-80)76(11)32-16-24-68(3)40-41-69(4)25-17-33-77(12)85-49-45-81(61-85)37-21-29-73(8)53-57-93-87(63-89)65-91-55-51-71(6)27-19-35-79-43-47-83(59-79)75(10)31-15-23-67(2)39-38-66/h66-89H,14-65H2,1-13H3. The van der Waals surface area contributed by atoms with Crippen LogP contribution < -0.4 is 5.32 Å². The lowest BCUT2D eigenvalue weighted by Gasteiger charge is -2.22. The Bertz CT molecular complexity index is 1740. The first-order chi connectivity index (χ1) is 45.0. The third-order valence-electron chi connectivity index (χ3n) is 27.2. The third kappa shape index (κ3) is 37.3. The Morgan fingerprint density at radius 3 is 0.796 bits per heavy atom. The van der Waals surface area contributed by atoms with E-state index in [1.165, 1.54) is 270 Å². The van der Waals surface area contributed by atoms with Gasteiger partial charge in [0, 0.05) is 33.0 Å². The van der Waals surface area contributed by atoms with Gasteiger partial charge < -0.3 is 29.4 Å². The Morgan fingerprint density at radius 2 is 0.516 bits per heavy atom. The lowest BCUT2D eigenvalue weighted by Crippen LogP contribution is -2.32. The van der Waals surface area contributed by atoms with E-state index >= 15 is 0 Å². The SMILES string of the molecule is CNCC1COCCC(C)CCCC2CCC(C2)C(C)CCCC(C)CCC(C)CCCC(C)C2CCC(CCCC(C)CCOCC(CO)OCCC(C)CCCC3CCC(C3)C(C)CCCC(C)CCC(C)CCCC(C)C3CCC(CCCC(C)CCO1)C3)C2. The molecular formula is C87H167NO5. The maximum absolute atomic E-state index is 10.1. The first-order valence-electron chi connectivity index (χ1n) is 42.6. The highest BCUT2D eigenvalue weighted by molar-refractivity contribution is 4.84. The van der Waals surface area contributed by atoms with Crippen LogP contribution in [0.4, 0.5) is 0 Å². The number of ether oxygens (including phenoxy) is 4. The maximum Gasteiger partial charge on any atom is 0.104 e. The van der Waals surface area contributed by atoms with Crippen molar-refractivity contribution >= 4 is 0 Å². The second-order valence-electron chi connectivity index (χ2n) is 36.1. The molecule has 0 amide bonds. The summed E-state index contributed by atoms with van der Waals surface area (Å²) in [5, 5.41) is 13.5. The van der Waals surface area contributed by atoms with E-state index < -0.39 is 0 Å². The fourth-order valence-electron chi connectivity index (χ4n) is 19.4. The smallest absolute Gasteiger partial charge is 0.104 e. The van der Waals surface area contributed by atoms with Crippen LogP contribution in [0.2, 0.25) is 0 Å². The summed E-state index contributed by atoms with van der Waals surface area (Å²) in [5.74, 6) is 17.7. The Balaban J connectivity index is 0.968. The molecule has 0 radical (unpaired) electrons. The van der Waals surface area contributed by atoms with Crippen molar-refractivity contribution in [3.05, 3.63) is 0 Å². The predicted octanol–water partition coefficient (Wildman–Crippen LogP) is 24.8. The normalized spacial score (nSPS) is 40.3. The van der Waals surface area contributed by atoms with Crippen molar-refractivity contribution in [2.24, 2.45) is 118 Å². The molecule has 22 unspecified atom stereocenters. The highest BCUT2D eigenvalue weighted by atomic mass is 16.5. The lowest BCUT2D eigenvalue weighted by molar-refractivity contribution is -0.0471. The minimum absolute atomic E-state index is 0.0536. The van der Waals surface area contributed by atoms with Gasteiger partial charge in [0.25, 0.3) is 0 Å². The van der Waals surface area contributed by atoms with Crippen LogP contribution in [0, 0.1) is 118 Å². The zero-order chi connectivity index (χ0) is 67.0. The summed E-state index contributed by atoms with van der Waals surface area (Å²) in [7, 11) is 2.05. The average molecular weight is 1310 g/mol. The first-order valence-corrected chi connectivity index (χ1v) is 42.6. The quantitative estimate of drug-likeness (QED) is 0.293. The summed E-state index contributed by atoms with van der Waals surface area (Å²) in [4.78, 5) is 0. The van der Waals surface area contributed by atoms with Crippen LogP contribution >= 0.6 is 0 Å². The molecule has 6 heteroatoms. The van der Waals surface area contributed by atoms with Gasteiger partial charge in [-0.2, -0.15) is 0 Å². The zero-order valence-electron chi connectivity index (χ0n) is 65.1. The molecule has 93 heavy (non-hydrogen) atoms. The van der Waals surface area contributed by atoms with Crippen LogP contribution in [-0.4, -0.2) is 77.2 Å². The van der Waals surface area contributed by atoms with Gasteiger partial charge in [0.2, 0.25) is 0 Å². The molecule has 1 saturated heterocycles. The topological polar surface area (TPSA) is 69.2 Å². The van der Waals surface area contributed by atoms with Gasteiger partial charge in [0.15, 0.2) is 0 Å². The maximum atomic E-state index is 10.1. The van der Waals surface area contributed by atoms with Gasteiger partial charge in [-0.1, -0.05) is 289 Å². The summed E-state index contributed by atoms with van der Waals surface area (Å²) in [6, 6.07) is 0. The number of likely N-dealkylation sites (N-methyl/N-ethyl adjacent to an activating group) is 1. The largest absolute Gasteiger partial charge is 0.394 e. The Kier molecular flexibility index (Phi) is 45.0. The zero-order valence-corrected chi connectivity index (χ0v) is 65.1. The molecule has 5 aliphatic rings. The first kappa shape index (κ1) is 83.4. The molecule has 1 heterocycles. The second kappa shape index (κ2) is 50.2. The Labute approximate surface area is 582 Å². The Hall–Kier alpha value is -0.240. The monoisotopic (exact) mass is 1310 g/mol. The Morgan fingerprint density at radius 1 is 0.269 bits per heavy atom. The minimum atomic E-state index is -0.193. The number of aliphatic hydroxyl groups is 1. The van der Waals surface area contributed by atoms with Gasteiger partial charge in [0.1, 0.15) is 6.10 Å². The van der Waals surface area contributed by atoms with Gasteiger partial charge in [0.05, 0.1) is 25.9 Å². The van der Waals surface area contributed by atoms with E-state index in [1.807, 2.05) is 0 Å². The second-order valence-corrected chi connectivity index (χ2v) is 36.1. The molecule has 0 aromatic heterocycles. The molecule has 22 atom stereocenters. The average Bonchev–Trinajstić information content (AvgIpc) is 2.11. The number of nitrogens with one attached hydrogen (secondary N) is 1. The molecule has 550 valence electrons. The van der Waals surface area contributed by atoms with E-state index in [2.05, 4.69) is 95.4 Å². The summed E-state index contributed by atoms with van der Waals surface area (Å²) in [5.41, 5.74) is 0. The number of fused-ring (bicyclic) bond motifs is 8. The highest BCUT2D eigenvalue weighted by Crippen LogP contribution is 2.44. The number of hydrogen-bond acceptors (Lipinski definition) is 6. The van der Waals surface area contributed by atoms with Crippen LogP contribution in [0.3, 0.4) is 0 Å². The van der Waals surface area contributed by atoms with Crippen molar-refractivity contribution < 1.29 is 24.1 Å². The van der Waals surface area contributed by atoms with E-state index in [-0.39, 0.29) is 18.8 Å². The fraction of sp³-hybridized carbons (Fsp3) is 1.00. The van der Waals surface area contributed by atoms with Crippen molar-refractivity contribution in [1.29, 1.82) is 0 Å². The highest BCUT2D eigenvalue weighted by Gasteiger charge is 2.32. The summed E-state index contributed by atoms with van der Waals surface area (Å²) in [6.07, 6.45) is 61.8. The van der Waals surface area contributed by atoms with Crippen LogP contribution in [0.1, 0.15) is 366 Å². The fourth-order valence-corrected chi connectivity index (χ4v) is 19.4. The molecule has 0 spiro atoms. The van der Waals surface area contributed by atoms with Gasteiger partial charge in [-0.15, -0.1) is 0 Å². The molecule has 5 fully saturated rings. The lowest BCUT2D eigenvalue weighted by atomic mass is 9.84. The molecule has 4 saturated carbocycles. The molecule has 4 aliphatic carbocycles. The van der Waals surface area contributed by atoms with Crippen LogP contribution in [-0.2, 0) is 18.9 Å². The summed E-state index contributed by atoms with van der Waals surface area (Å²) in [6.45, 7) is 35.8. The molecule has 0 aromatic carbocycles. The van der Waals surface area contributed by atoms with E-state index in [0.29, 0.717) is 25.0 Å². The molecule has 5 rings (SSSR count). The summed E-state index contributed by atoms with van der Waals surface area (Å²) < 4.78 is 25.1. The van der Waals surface area contributed by atoms with Crippen LogP contribution in [0.25, 0.3) is 0 Å². The van der Waals surface area contributed by atoms with Gasteiger partial charge in [-0.05, 0) is 202 Å². The molecule has 6 nitrogen and oxygen atoms in total. The molecule has 0 aromatic rings. The number of rotatable bonds is 3. The van der Waals surface area contributed by atoms with E-state index in [4.69, 9.17) is 18.9 Å². The van der Waals surface area contributed by atoms with Gasteiger partial charge >= 0.3 is 0 Å². The van der Waals surface area contributed by atoms with Crippen LogP contribution in [0.5, 0.6) is 0 Å².